The Bertz CT molecular complexity index is 270. The molecule has 86 valence electrons. The molecule has 0 amide bonds. The van der Waals surface area contributed by atoms with E-state index in [1.54, 1.807) is 0 Å². The van der Waals surface area contributed by atoms with Gasteiger partial charge in [-0.05, 0) is 28.8 Å². The molecule has 1 aromatic heterocycles. The molecule has 0 aliphatic heterocycles. The van der Waals surface area contributed by atoms with Gasteiger partial charge in [-0.15, -0.1) is 10.2 Å². The van der Waals surface area contributed by atoms with Crippen molar-refractivity contribution in [3.8, 4) is 0 Å². The third kappa shape index (κ3) is 6.06. The van der Waals surface area contributed by atoms with Crippen LogP contribution in [-0.4, -0.2) is 30.0 Å². The van der Waals surface area contributed by atoms with Crippen LogP contribution < -0.4 is 5.32 Å². The van der Waals surface area contributed by atoms with Crippen LogP contribution in [0.3, 0.4) is 0 Å². The van der Waals surface area contributed by atoms with Crippen LogP contribution in [0.4, 0.5) is 5.13 Å². The van der Waals surface area contributed by atoms with E-state index in [0.29, 0.717) is 0 Å². The molecular formula is C9H16BrN3OS. The van der Waals surface area contributed by atoms with Gasteiger partial charge in [-0.25, -0.2) is 0 Å². The molecule has 15 heavy (non-hydrogen) atoms. The number of anilines is 1. The van der Waals surface area contributed by atoms with Gasteiger partial charge in [0.05, 0.1) is 0 Å². The van der Waals surface area contributed by atoms with Crippen LogP contribution in [0.1, 0.15) is 26.2 Å². The third-order valence-electron chi connectivity index (χ3n) is 1.78. The molecule has 0 unspecified atom stereocenters. The Morgan fingerprint density at radius 1 is 1.33 bits per heavy atom. The van der Waals surface area contributed by atoms with Gasteiger partial charge in [0.25, 0.3) is 0 Å². The number of nitrogens with one attached hydrogen (secondary N) is 1. The molecule has 0 aromatic carbocycles. The van der Waals surface area contributed by atoms with E-state index < -0.39 is 0 Å². The fraction of sp³-hybridized carbons (Fsp3) is 0.778. The summed E-state index contributed by atoms with van der Waals surface area (Å²) in [6.45, 7) is 4.74. The number of nitrogens with zero attached hydrogens (tertiary/aromatic N) is 2. The van der Waals surface area contributed by atoms with Crippen molar-refractivity contribution >= 4 is 32.4 Å². The molecule has 0 saturated carbocycles. The van der Waals surface area contributed by atoms with Crippen LogP contribution >= 0.6 is 27.3 Å². The van der Waals surface area contributed by atoms with Crippen molar-refractivity contribution in [2.45, 2.75) is 26.2 Å². The normalized spacial score (nSPS) is 10.5. The maximum Gasteiger partial charge on any atom is 0.206 e. The topological polar surface area (TPSA) is 47.0 Å². The highest BCUT2D eigenvalue weighted by molar-refractivity contribution is 9.11. The third-order valence-corrected chi connectivity index (χ3v) is 3.10. The summed E-state index contributed by atoms with van der Waals surface area (Å²) < 4.78 is 6.24. The summed E-state index contributed by atoms with van der Waals surface area (Å²) >= 11 is 4.77. The van der Waals surface area contributed by atoms with Crippen LogP contribution in [-0.2, 0) is 4.74 Å². The lowest BCUT2D eigenvalue weighted by Crippen LogP contribution is -2.06. The van der Waals surface area contributed by atoms with Gasteiger partial charge >= 0.3 is 0 Å². The quantitative estimate of drug-likeness (QED) is 0.749. The van der Waals surface area contributed by atoms with E-state index in [2.05, 4.69) is 38.4 Å². The van der Waals surface area contributed by atoms with E-state index in [9.17, 15) is 0 Å². The second-order valence-corrected chi connectivity index (χ2v) is 5.36. The highest BCUT2D eigenvalue weighted by Crippen LogP contribution is 2.19. The number of ether oxygens (including phenoxy) is 1. The lowest BCUT2D eigenvalue weighted by molar-refractivity contribution is 0.131. The van der Waals surface area contributed by atoms with Gasteiger partial charge in [0.2, 0.25) is 5.13 Å². The SMILES string of the molecule is CCCCOCCCNc1nnc(Br)s1. The number of rotatable bonds is 8. The number of hydrogen-bond donors (Lipinski definition) is 1. The van der Waals surface area contributed by atoms with Crippen LogP contribution in [0, 0.1) is 0 Å². The second-order valence-electron chi connectivity index (χ2n) is 3.11. The van der Waals surface area contributed by atoms with Gasteiger partial charge in [0, 0.05) is 19.8 Å². The Kier molecular flexibility index (Phi) is 6.87. The van der Waals surface area contributed by atoms with Crippen molar-refractivity contribution in [2.75, 3.05) is 25.1 Å². The van der Waals surface area contributed by atoms with Crippen molar-refractivity contribution in [1.29, 1.82) is 0 Å². The van der Waals surface area contributed by atoms with Crippen LogP contribution in [0.15, 0.2) is 3.92 Å². The first kappa shape index (κ1) is 12.9. The minimum Gasteiger partial charge on any atom is -0.381 e. The Balaban J connectivity index is 1.93. The largest absolute Gasteiger partial charge is 0.381 e. The number of hydrogen-bond acceptors (Lipinski definition) is 5. The van der Waals surface area contributed by atoms with E-state index in [-0.39, 0.29) is 0 Å². The molecule has 1 heterocycles. The highest BCUT2D eigenvalue weighted by atomic mass is 79.9. The number of unbranched alkanes of at least 4 members (excludes halogenated alkanes) is 1. The smallest absolute Gasteiger partial charge is 0.206 e. The highest BCUT2D eigenvalue weighted by Gasteiger charge is 1.98. The molecule has 0 spiro atoms. The average molecular weight is 294 g/mol. The lowest BCUT2D eigenvalue weighted by atomic mass is 10.4. The summed E-state index contributed by atoms with van der Waals surface area (Å²) in [5, 5.41) is 11.8. The maximum absolute atomic E-state index is 5.44. The van der Waals surface area contributed by atoms with Gasteiger partial charge < -0.3 is 10.1 Å². The lowest BCUT2D eigenvalue weighted by Gasteiger charge is -2.03. The van der Waals surface area contributed by atoms with E-state index in [4.69, 9.17) is 4.74 Å². The van der Waals surface area contributed by atoms with E-state index in [1.165, 1.54) is 17.8 Å². The van der Waals surface area contributed by atoms with Gasteiger partial charge in [-0.3, -0.25) is 0 Å². The van der Waals surface area contributed by atoms with Crippen LogP contribution in [0.5, 0.6) is 0 Å². The monoisotopic (exact) mass is 293 g/mol. The van der Waals surface area contributed by atoms with Crippen molar-refractivity contribution in [3.05, 3.63) is 3.92 Å². The van der Waals surface area contributed by atoms with Gasteiger partial charge in [0.1, 0.15) is 0 Å². The summed E-state index contributed by atoms with van der Waals surface area (Å²) in [5.74, 6) is 0. The van der Waals surface area contributed by atoms with Crippen molar-refractivity contribution in [2.24, 2.45) is 0 Å². The van der Waals surface area contributed by atoms with E-state index in [0.717, 1.165) is 41.6 Å². The minimum absolute atomic E-state index is 0.809. The van der Waals surface area contributed by atoms with Gasteiger partial charge in [-0.2, -0.15) is 0 Å². The average Bonchev–Trinajstić information content (AvgIpc) is 2.63. The molecule has 1 rings (SSSR count). The number of halogens is 1. The Morgan fingerprint density at radius 2 is 2.13 bits per heavy atom. The van der Waals surface area contributed by atoms with Crippen LogP contribution in [0.2, 0.25) is 0 Å². The molecule has 0 aliphatic carbocycles. The summed E-state index contributed by atoms with van der Waals surface area (Å²) in [4.78, 5) is 0. The molecular weight excluding hydrogens is 278 g/mol. The Morgan fingerprint density at radius 3 is 2.80 bits per heavy atom. The minimum atomic E-state index is 0.809. The molecule has 0 fully saturated rings. The first-order chi connectivity index (χ1) is 7.33. The summed E-state index contributed by atoms with van der Waals surface area (Å²) in [5.41, 5.74) is 0. The Labute approximate surface area is 103 Å². The van der Waals surface area contributed by atoms with Gasteiger partial charge in [-0.1, -0.05) is 24.7 Å². The summed E-state index contributed by atoms with van der Waals surface area (Å²) in [6, 6.07) is 0. The molecule has 1 N–H and O–H groups in total. The molecule has 6 heteroatoms. The molecule has 4 nitrogen and oxygen atoms in total. The van der Waals surface area contributed by atoms with Crippen molar-refractivity contribution < 1.29 is 4.74 Å². The van der Waals surface area contributed by atoms with Crippen LogP contribution in [0.25, 0.3) is 0 Å². The van der Waals surface area contributed by atoms with E-state index >= 15 is 0 Å². The van der Waals surface area contributed by atoms with E-state index in [1.807, 2.05) is 0 Å². The summed E-state index contributed by atoms with van der Waals surface area (Å²) in [6.07, 6.45) is 3.34. The zero-order chi connectivity index (χ0) is 10.9. The molecule has 1 aromatic rings. The summed E-state index contributed by atoms with van der Waals surface area (Å²) in [7, 11) is 0. The fourth-order valence-electron chi connectivity index (χ4n) is 0.995. The standard InChI is InChI=1S/C9H16BrN3OS/c1-2-3-6-14-7-4-5-11-9-13-12-8(10)15-9/h2-7H2,1H3,(H,11,13). The maximum atomic E-state index is 5.44. The zero-order valence-corrected chi connectivity index (χ0v) is 11.2. The predicted octanol–water partition coefficient (Wildman–Crippen LogP) is 2.92. The molecule has 0 saturated heterocycles. The predicted molar refractivity (Wildman–Crippen MR) is 66.4 cm³/mol. The molecule has 0 bridgehead atoms. The zero-order valence-electron chi connectivity index (χ0n) is 8.83. The second kappa shape index (κ2) is 8.01. The van der Waals surface area contributed by atoms with Crippen molar-refractivity contribution in [3.63, 3.8) is 0 Å². The van der Waals surface area contributed by atoms with Crippen molar-refractivity contribution in [1.82, 2.24) is 10.2 Å². The van der Waals surface area contributed by atoms with Gasteiger partial charge in [0.15, 0.2) is 3.92 Å². The first-order valence-electron chi connectivity index (χ1n) is 5.13. The number of aromatic nitrogens is 2. The Hall–Kier alpha value is -0.200. The molecule has 0 atom stereocenters. The fourth-order valence-corrected chi connectivity index (χ4v) is 2.03. The molecule has 0 radical (unpaired) electrons. The first-order valence-corrected chi connectivity index (χ1v) is 6.74. The molecule has 0 aliphatic rings.